The molecule has 0 amide bonds. The van der Waals surface area contributed by atoms with Gasteiger partial charge in [0.05, 0.1) is 14.9 Å². The second-order valence-corrected chi connectivity index (χ2v) is 3.41. The number of rotatable bonds is 2. The van der Waals surface area contributed by atoms with Crippen molar-refractivity contribution in [1.29, 1.82) is 0 Å². The number of hydrogen-bond donors (Lipinski definition) is 2. The molecule has 0 unspecified atom stereocenters. The second kappa shape index (κ2) is 3.21. The molecular formula is C6H7ClN2OS. The molecule has 3 nitrogen and oxygen atoms in total. The first-order chi connectivity index (χ1) is 5.20. The number of anilines is 1. The van der Waals surface area contributed by atoms with Crippen LogP contribution in [0.3, 0.4) is 0 Å². The Labute approximate surface area is 72.9 Å². The molecule has 1 rings (SSSR count). The van der Waals surface area contributed by atoms with Crippen LogP contribution < -0.4 is 11.5 Å². The molecule has 60 valence electrons. The smallest absolute Gasteiger partial charge is 0.161 e. The third kappa shape index (κ3) is 1.38. The molecule has 0 radical (unpaired) electrons. The van der Waals surface area contributed by atoms with Crippen molar-refractivity contribution < 1.29 is 4.79 Å². The highest BCUT2D eigenvalue weighted by molar-refractivity contribution is 7.18. The number of halogens is 1. The van der Waals surface area contributed by atoms with Crippen molar-refractivity contribution in [2.24, 2.45) is 5.73 Å². The van der Waals surface area contributed by atoms with E-state index in [1.54, 1.807) is 0 Å². The summed E-state index contributed by atoms with van der Waals surface area (Å²) in [5.41, 5.74) is 11.5. The molecule has 0 aliphatic rings. The zero-order valence-electron chi connectivity index (χ0n) is 5.63. The highest BCUT2D eigenvalue weighted by Crippen LogP contribution is 2.33. The lowest BCUT2D eigenvalue weighted by molar-refractivity contribution is 0.112. The van der Waals surface area contributed by atoms with E-state index in [4.69, 9.17) is 23.1 Å². The van der Waals surface area contributed by atoms with Crippen LogP contribution in [0.5, 0.6) is 0 Å². The molecule has 11 heavy (non-hydrogen) atoms. The van der Waals surface area contributed by atoms with Gasteiger partial charge >= 0.3 is 0 Å². The van der Waals surface area contributed by atoms with Crippen molar-refractivity contribution in [1.82, 2.24) is 0 Å². The van der Waals surface area contributed by atoms with Gasteiger partial charge in [-0.15, -0.1) is 11.3 Å². The molecule has 0 aliphatic carbocycles. The third-order valence-electron chi connectivity index (χ3n) is 1.31. The number of thiophene rings is 1. The zero-order valence-corrected chi connectivity index (χ0v) is 7.21. The molecule has 0 aromatic carbocycles. The summed E-state index contributed by atoms with van der Waals surface area (Å²) in [6.07, 6.45) is 0.683. The minimum atomic E-state index is 0.273. The first kappa shape index (κ1) is 8.52. The van der Waals surface area contributed by atoms with E-state index in [1.807, 2.05) is 0 Å². The maximum atomic E-state index is 10.3. The van der Waals surface area contributed by atoms with Gasteiger partial charge in [-0.25, -0.2) is 0 Å². The van der Waals surface area contributed by atoms with Crippen LogP contribution in [-0.4, -0.2) is 6.29 Å². The highest BCUT2D eigenvalue weighted by atomic mass is 35.5. The molecule has 4 N–H and O–H groups in total. The van der Waals surface area contributed by atoms with Crippen LogP contribution in [0.2, 0.25) is 5.02 Å². The van der Waals surface area contributed by atoms with E-state index in [0.717, 1.165) is 11.3 Å². The fourth-order valence-corrected chi connectivity index (χ4v) is 1.95. The number of nitrogens with two attached hydrogens (primary N) is 2. The molecule has 0 fully saturated rings. The Kier molecular flexibility index (Phi) is 2.49. The van der Waals surface area contributed by atoms with Gasteiger partial charge in [0.15, 0.2) is 6.29 Å². The molecule has 0 aliphatic heterocycles. The topological polar surface area (TPSA) is 69.1 Å². The molecule has 0 spiro atoms. The summed E-state index contributed by atoms with van der Waals surface area (Å²) in [5, 5.41) is 0.921. The summed E-state index contributed by atoms with van der Waals surface area (Å²) >= 11 is 6.91. The predicted octanol–water partition coefficient (Wildman–Crippen LogP) is 1.25. The van der Waals surface area contributed by atoms with E-state index in [1.165, 1.54) is 0 Å². The van der Waals surface area contributed by atoms with Gasteiger partial charge in [0.2, 0.25) is 0 Å². The van der Waals surface area contributed by atoms with Gasteiger partial charge in [-0.2, -0.15) is 0 Å². The normalized spacial score (nSPS) is 10.0. The standard InChI is InChI=1S/C6H7ClN2OS/c7-5-3(1-8)6(9)11-4(5)2-10/h2H,1,8-9H2. The second-order valence-electron chi connectivity index (χ2n) is 1.95. The Balaban J connectivity index is 3.24. The third-order valence-corrected chi connectivity index (χ3v) is 2.84. The van der Waals surface area contributed by atoms with Crippen LogP contribution >= 0.6 is 22.9 Å². The largest absolute Gasteiger partial charge is 0.390 e. The quantitative estimate of drug-likeness (QED) is 0.690. The molecule has 0 saturated carbocycles. The van der Waals surface area contributed by atoms with Gasteiger partial charge in [-0.05, 0) is 0 Å². The number of carbonyl (C=O) groups is 1. The fourth-order valence-electron chi connectivity index (χ4n) is 0.748. The van der Waals surface area contributed by atoms with Crippen LogP contribution in [0.1, 0.15) is 15.2 Å². The van der Waals surface area contributed by atoms with E-state index in [2.05, 4.69) is 0 Å². The Morgan fingerprint density at radius 1 is 1.64 bits per heavy atom. The van der Waals surface area contributed by atoms with Crippen LogP contribution in [0.25, 0.3) is 0 Å². The highest BCUT2D eigenvalue weighted by Gasteiger charge is 2.11. The average molecular weight is 191 g/mol. The lowest BCUT2D eigenvalue weighted by Gasteiger charge is -1.92. The van der Waals surface area contributed by atoms with Gasteiger partial charge in [-0.3, -0.25) is 4.79 Å². The minimum absolute atomic E-state index is 0.273. The zero-order chi connectivity index (χ0) is 8.43. The summed E-state index contributed by atoms with van der Waals surface area (Å²) in [6, 6.07) is 0. The molecule has 1 heterocycles. The Bertz CT molecular complexity index is 284. The van der Waals surface area contributed by atoms with Gasteiger partial charge in [-0.1, -0.05) is 11.6 Å². The molecule has 0 saturated heterocycles. The van der Waals surface area contributed by atoms with E-state index in [-0.39, 0.29) is 6.54 Å². The summed E-state index contributed by atoms with van der Waals surface area (Å²) in [7, 11) is 0. The van der Waals surface area contributed by atoms with Crippen LogP contribution in [0, 0.1) is 0 Å². The first-order valence-corrected chi connectivity index (χ1v) is 4.12. The maximum absolute atomic E-state index is 10.3. The van der Waals surface area contributed by atoms with E-state index in [0.29, 0.717) is 26.8 Å². The molecule has 1 aromatic heterocycles. The SMILES string of the molecule is NCc1c(N)sc(C=O)c1Cl. The molecule has 0 bridgehead atoms. The van der Waals surface area contributed by atoms with E-state index >= 15 is 0 Å². The summed E-state index contributed by atoms with van der Waals surface area (Å²) in [6.45, 7) is 0.273. The number of aldehydes is 1. The predicted molar refractivity (Wildman–Crippen MR) is 47.0 cm³/mol. The lowest BCUT2D eigenvalue weighted by Crippen LogP contribution is -1.98. The monoisotopic (exact) mass is 190 g/mol. The van der Waals surface area contributed by atoms with Crippen molar-refractivity contribution >= 4 is 34.2 Å². The van der Waals surface area contributed by atoms with Crippen molar-refractivity contribution in [3.8, 4) is 0 Å². The van der Waals surface area contributed by atoms with Gasteiger partial charge < -0.3 is 11.5 Å². The van der Waals surface area contributed by atoms with Gasteiger partial charge in [0.1, 0.15) is 0 Å². The Hall–Kier alpha value is -0.580. The summed E-state index contributed by atoms with van der Waals surface area (Å²) in [4.78, 5) is 10.8. The van der Waals surface area contributed by atoms with E-state index < -0.39 is 0 Å². The minimum Gasteiger partial charge on any atom is -0.390 e. The fraction of sp³-hybridized carbons (Fsp3) is 0.167. The first-order valence-electron chi connectivity index (χ1n) is 2.92. The summed E-state index contributed by atoms with van der Waals surface area (Å²) in [5.74, 6) is 0. The van der Waals surface area contributed by atoms with Crippen LogP contribution in [0.4, 0.5) is 5.00 Å². The Morgan fingerprint density at radius 3 is 2.55 bits per heavy atom. The van der Waals surface area contributed by atoms with Crippen molar-refractivity contribution in [2.45, 2.75) is 6.54 Å². The van der Waals surface area contributed by atoms with Crippen molar-refractivity contribution in [3.63, 3.8) is 0 Å². The van der Waals surface area contributed by atoms with Crippen molar-refractivity contribution in [2.75, 3.05) is 5.73 Å². The maximum Gasteiger partial charge on any atom is 0.161 e. The molecule has 0 atom stereocenters. The lowest BCUT2D eigenvalue weighted by atomic mass is 10.3. The summed E-state index contributed by atoms with van der Waals surface area (Å²) < 4.78 is 0. The number of nitrogen functional groups attached to an aromatic ring is 1. The number of carbonyl (C=O) groups excluding carboxylic acids is 1. The van der Waals surface area contributed by atoms with E-state index in [9.17, 15) is 4.79 Å². The van der Waals surface area contributed by atoms with Crippen LogP contribution in [0.15, 0.2) is 0 Å². The van der Waals surface area contributed by atoms with Crippen molar-refractivity contribution in [3.05, 3.63) is 15.5 Å². The number of hydrogen-bond acceptors (Lipinski definition) is 4. The van der Waals surface area contributed by atoms with Gasteiger partial charge in [0, 0.05) is 12.1 Å². The molecule has 5 heteroatoms. The molecular weight excluding hydrogens is 184 g/mol. The van der Waals surface area contributed by atoms with Gasteiger partial charge in [0.25, 0.3) is 0 Å². The van der Waals surface area contributed by atoms with Crippen LogP contribution in [-0.2, 0) is 6.54 Å². The molecule has 1 aromatic rings. The average Bonchev–Trinajstić information content (AvgIpc) is 2.26. The Morgan fingerprint density at radius 2 is 2.27 bits per heavy atom.